The van der Waals surface area contributed by atoms with Crippen molar-refractivity contribution in [2.24, 2.45) is 0 Å². The van der Waals surface area contributed by atoms with E-state index in [4.69, 9.17) is 10.2 Å². The zero-order valence-electron chi connectivity index (χ0n) is 11.1. The summed E-state index contributed by atoms with van der Waals surface area (Å²) < 4.78 is 1.55. The predicted molar refractivity (Wildman–Crippen MR) is 72.6 cm³/mol. The molecule has 0 aliphatic carbocycles. The molecule has 0 radical (unpaired) electrons. The van der Waals surface area contributed by atoms with Crippen molar-refractivity contribution in [3.05, 3.63) is 41.2 Å². The molecule has 0 saturated carbocycles. The van der Waals surface area contributed by atoms with Gasteiger partial charge in [0.05, 0.1) is 31.5 Å². The maximum atomic E-state index is 11.0. The lowest BCUT2D eigenvalue weighted by atomic mass is 10.1. The van der Waals surface area contributed by atoms with Crippen LogP contribution in [0.5, 0.6) is 0 Å². The first-order valence-electron chi connectivity index (χ1n) is 6.18. The summed E-state index contributed by atoms with van der Waals surface area (Å²) >= 11 is 0. The Labute approximate surface area is 115 Å². The standard InChI is InChI=1S/C13H16N4O3/c1-9-11(13(19)20)3-2-4-12(9)14-7-10-8-17(5-6-18)16-15-10/h2-4,8,14,18H,5-7H2,1H3,(H,19,20). The number of hydrogen-bond donors (Lipinski definition) is 3. The van der Waals surface area contributed by atoms with Crippen LogP contribution < -0.4 is 5.32 Å². The van der Waals surface area contributed by atoms with E-state index in [1.807, 2.05) is 6.07 Å². The molecule has 20 heavy (non-hydrogen) atoms. The highest BCUT2D eigenvalue weighted by atomic mass is 16.4. The molecule has 3 N–H and O–H groups in total. The number of aromatic nitrogens is 3. The third-order valence-corrected chi connectivity index (χ3v) is 2.94. The Kier molecular flexibility index (Phi) is 4.31. The summed E-state index contributed by atoms with van der Waals surface area (Å²) in [6.07, 6.45) is 1.74. The number of nitrogens with zero attached hydrogens (tertiary/aromatic N) is 3. The number of rotatable bonds is 6. The average Bonchev–Trinajstić information content (AvgIpc) is 2.85. The molecule has 2 rings (SSSR count). The number of nitrogens with one attached hydrogen (secondary N) is 1. The molecule has 1 aromatic carbocycles. The van der Waals surface area contributed by atoms with Crippen LogP contribution in [-0.4, -0.2) is 37.8 Å². The van der Waals surface area contributed by atoms with Crippen molar-refractivity contribution in [2.75, 3.05) is 11.9 Å². The van der Waals surface area contributed by atoms with E-state index < -0.39 is 5.97 Å². The molecule has 1 aromatic heterocycles. The maximum absolute atomic E-state index is 11.0. The summed E-state index contributed by atoms with van der Waals surface area (Å²) in [5.74, 6) is -0.944. The van der Waals surface area contributed by atoms with Gasteiger partial charge in [-0.2, -0.15) is 0 Å². The predicted octanol–water partition coefficient (Wildman–Crippen LogP) is 0.889. The van der Waals surface area contributed by atoms with Gasteiger partial charge in [0.2, 0.25) is 0 Å². The molecular formula is C13H16N4O3. The summed E-state index contributed by atoms with van der Waals surface area (Å²) in [5.41, 5.74) is 2.43. The van der Waals surface area contributed by atoms with Crippen molar-refractivity contribution in [3.8, 4) is 0 Å². The molecule has 1 heterocycles. The highest BCUT2D eigenvalue weighted by Crippen LogP contribution is 2.19. The summed E-state index contributed by atoms with van der Waals surface area (Å²) in [4.78, 5) is 11.0. The van der Waals surface area contributed by atoms with Crippen LogP contribution in [0.25, 0.3) is 0 Å². The normalized spacial score (nSPS) is 10.5. The molecule has 0 aliphatic heterocycles. The fourth-order valence-electron chi connectivity index (χ4n) is 1.88. The van der Waals surface area contributed by atoms with Crippen molar-refractivity contribution < 1.29 is 15.0 Å². The maximum Gasteiger partial charge on any atom is 0.336 e. The van der Waals surface area contributed by atoms with Crippen LogP contribution in [0, 0.1) is 6.92 Å². The number of aliphatic hydroxyl groups excluding tert-OH is 1. The molecule has 0 amide bonds. The zero-order valence-corrected chi connectivity index (χ0v) is 11.1. The van der Waals surface area contributed by atoms with E-state index >= 15 is 0 Å². The molecule has 7 nitrogen and oxygen atoms in total. The molecule has 106 valence electrons. The first kappa shape index (κ1) is 14.0. The second-order valence-electron chi connectivity index (χ2n) is 4.33. The van der Waals surface area contributed by atoms with E-state index in [9.17, 15) is 4.79 Å². The summed E-state index contributed by atoms with van der Waals surface area (Å²) in [6.45, 7) is 2.61. The second kappa shape index (κ2) is 6.16. The largest absolute Gasteiger partial charge is 0.478 e. The minimum atomic E-state index is -0.944. The van der Waals surface area contributed by atoms with Gasteiger partial charge in [0.15, 0.2) is 0 Å². The third kappa shape index (κ3) is 3.12. The Morgan fingerprint density at radius 3 is 2.95 bits per heavy atom. The van der Waals surface area contributed by atoms with Gasteiger partial charge in [0.25, 0.3) is 0 Å². The Hall–Kier alpha value is -2.41. The first-order valence-corrected chi connectivity index (χ1v) is 6.18. The van der Waals surface area contributed by atoms with Crippen LogP contribution in [0.1, 0.15) is 21.6 Å². The summed E-state index contributed by atoms with van der Waals surface area (Å²) in [5, 5.41) is 28.8. The molecule has 2 aromatic rings. The highest BCUT2D eigenvalue weighted by Gasteiger charge is 2.10. The van der Waals surface area contributed by atoms with Gasteiger partial charge in [0.1, 0.15) is 5.69 Å². The van der Waals surface area contributed by atoms with E-state index in [1.165, 1.54) is 0 Å². The average molecular weight is 276 g/mol. The Morgan fingerprint density at radius 1 is 1.45 bits per heavy atom. The molecule has 0 unspecified atom stereocenters. The van der Waals surface area contributed by atoms with Crippen molar-refractivity contribution in [1.82, 2.24) is 15.0 Å². The quantitative estimate of drug-likeness (QED) is 0.724. The third-order valence-electron chi connectivity index (χ3n) is 2.94. The molecule has 0 bridgehead atoms. The van der Waals surface area contributed by atoms with E-state index in [2.05, 4.69) is 15.6 Å². The number of anilines is 1. The molecule has 0 spiro atoms. The summed E-state index contributed by atoms with van der Waals surface area (Å²) in [6, 6.07) is 5.09. The van der Waals surface area contributed by atoms with Crippen LogP contribution >= 0.6 is 0 Å². The lowest BCUT2D eigenvalue weighted by Gasteiger charge is -2.10. The van der Waals surface area contributed by atoms with Gasteiger partial charge in [0, 0.05) is 5.69 Å². The molecule has 0 aliphatic rings. The fraction of sp³-hybridized carbons (Fsp3) is 0.308. The van der Waals surface area contributed by atoms with Gasteiger partial charge >= 0.3 is 5.97 Å². The van der Waals surface area contributed by atoms with Gasteiger partial charge in [-0.1, -0.05) is 11.3 Å². The lowest BCUT2D eigenvalue weighted by Crippen LogP contribution is -2.06. The van der Waals surface area contributed by atoms with Crippen LogP contribution in [0.2, 0.25) is 0 Å². The van der Waals surface area contributed by atoms with Gasteiger partial charge in [-0.25, -0.2) is 9.48 Å². The van der Waals surface area contributed by atoms with Gasteiger partial charge < -0.3 is 15.5 Å². The van der Waals surface area contributed by atoms with Crippen LogP contribution in [0.15, 0.2) is 24.4 Å². The highest BCUT2D eigenvalue weighted by molar-refractivity contribution is 5.91. The van der Waals surface area contributed by atoms with Crippen molar-refractivity contribution in [2.45, 2.75) is 20.0 Å². The number of carbonyl (C=O) groups is 1. The number of carboxylic acids is 1. The van der Waals surface area contributed by atoms with Gasteiger partial charge in [-0.15, -0.1) is 5.10 Å². The molecular weight excluding hydrogens is 260 g/mol. The smallest absolute Gasteiger partial charge is 0.336 e. The lowest BCUT2D eigenvalue weighted by molar-refractivity contribution is 0.0696. The molecule has 0 fully saturated rings. The zero-order chi connectivity index (χ0) is 14.5. The van der Waals surface area contributed by atoms with Crippen LogP contribution in [0.3, 0.4) is 0 Å². The van der Waals surface area contributed by atoms with E-state index in [-0.39, 0.29) is 12.2 Å². The Balaban J connectivity index is 2.06. The van der Waals surface area contributed by atoms with E-state index in [0.29, 0.717) is 18.7 Å². The van der Waals surface area contributed by atoms with Gasteiger partial charge in [-0.3, -0.25) is 0 Å². The van der Waals surface area contributed by atoms with E-state index in [0.717, 1.165) is 11.4 Å². The number of benzene rings is 1. The number of aromatic carboxylic acids is 1. The van der Waals surface area contributed by atoms with Crippen molar-refractivity contribution in [1.29, 1.82) is 0 Å². The monoisotopic (exact) mass is 276 g/mol. The fourth-order valence-corrected chi connectivity index (χ4v) is 1.88. The number of aliphatic hydroxyl groups is 1. The SMILES string of the molecule is Cc1c(NCc2cn(CCO)nn2)cccc1C(=O)O. The Bertz CT molecular complexity index is 609. The molecule has 0 atom stereocenters. The van der Waals surface area contributed by atoms with Gasteiger partial charge in [-0.05, 0) is 24.6 Å². The minimum absolute atomic E-state index is 0.00991. The van der Waals surface area contributed by atoms with Crippen molar-refractivity contribution >= 4 is 11.7 Å². The summed E-state index contributed by atoms with van der Waals surface area (Å²) in [7, 11) is 0. The molecule has 0 saturated heterocycles. The Morgan fingerprint density at radius 2 is 2.25 bits per heavy atom. The number of hydrogen-bond acceptors (Lipinski definition) is 5. The first-order chi connectivity index (χ1) is 9.61. The minimum Gasteiger partial charge on any atom is -0.478 e. The van der Waals surface area contributed by atoms with Crippen LogP contribution in [-0.2, 0) is 13.1 Å². The van der Waals surface area contributed by atoms with Crippen LogP contribution in [0.4, 0.5) is 5.69 Å². The van der Waals surface area contributed by atoms with E-state index in [1.54, 1.807) is 29.9 Å². The topological polar surface area (TPSA) is 100 Å². The van der Waals surface area contributed by atoms with Crippen molar-refractivity contribution in [3.63, 3.8) is 0 Å². The number of carboxylic acid groups (broad SMARTS) is 1. The second-order valence-corrected chi connectivity index (χ2v) is 4.33. The molecule has 7 heteroatoms.